The van der Waals surface area contributed by atoms with Crippen molar-refractivity contribution in [3.05, 3.63) is 126 Å². The Bertz CT molecular complexity index is 1440. The first-order chi connectivity index (χ1) is 20.3. The third kappa shape index (κ3) is 10.7. The fourth-order valence-corrected chi connectivity index (χ4v) is 5.43. The molecule has 0 bridgehead atoms. The van der Waals surface area contributed by atoms with E-state index in [1.165, 1.54) is 18.6 Å². The van der Waals surface area contributed by atoms with Crippen LogP contribution in [-0.2, 0) is 10.0 Å². The zero-order valence-electron chi connectivity index (χ0n) is 23.9. The summed E-state index contributed by atoms with van der Waals surface area (Å²) >= 11 is 0. The van der Waals surface area contributed by atoms with Crippen LogP contribution >= 0.6 is 0 Å². The van der Waals surface area contributed by atoms with Crippen molar-refractivity contribution in [1.29, 1.82) is 0 Å². The summed E-state index contributed by atoms with van der Waals surface area (Å²) in [6, 6.07) is 32.1. The van der Waals surface area contributed by atoms with E-state index in [4.69, 9.17) is 4.74 Å². The number of ether oxygens (including phenoxy) is 1. The van der Waals surface area contributed by atoms with Crippen LogP contribution in [0.5, 0.6) is 11.5 Å². The molecule has 4 aromatic carbocycles. The van der Waals surface area contributed by atoms with Crippen molar-refractivity contribution in [2.75, 3.05) is 10.5 Å². The average molecular weight is 590 g/mol. The first kappa shape index (κ1) is 32.4. The molecule has 4 aromatic rings. The van der Waals surface area contributed by atoms with Crippen LogP contribution in [-0.4, -0.2) is 30.4 Å². The number of hydrogen-bond acceptors (Lipinski definition) is 5. The Kier molecular flexibility index (Phi) is 13.1. The van der Waals surface area contributed by atoms with E-state index >= 15 is 0 Å². The lowest BCUT2D eigenvalue weighted by Crippen LogP contribution is -2.17. The number of hydrogen-bond donors (Lipinski definition) is 3. The molecule has 0 saturated carbocycles. The normalized spacial score (nSPS) is 10.9. The van der Waals surface area contributed by atoms with Gasteiger partial charge in [0.25, 0.3) is 0 Å². The van der Waals surface area contributed by atoms with Crippen LogP contribution in [0.25, 0.3) is 0 Å². The van der Waals surface area contributed by atoms with E-state index in [9.17, 15) is 23.4 Å². The summed E-state index contributed by atoms with van der Waals surface area (Å²) in [6.07, 6.45) is 5.46. The molecule has 4 rings (SSSR count). The Morgan fingerprint density at radius 1 is 0.714 bits per heavy atom. The van der Waals surface area contributed by atoms with Gasteiger partial charge in [0.1, 0.15) is 17.4 Å². The smallest absolute Gasteiger partial charge is 0.339 e. The zero-order chi connectivity index (χ0) is 30.2. The standard InChI is InChI=1S/C21H27NO5S.C13H12O/c1-2-3-4-5-6-11-16-28(25,26)22-18-13-8-10-15-20(18)27-19-14-9-7-12-17(19)21(23)24;14-13(11-7-3-1-4-8-11)12-9-5-2-6-10-12/h7-10,12-15,22H,2-6,11,16H2,1H3,(H,23,24);1-10,13-14H. The van der Waals surface area contributed by atoms with Gasteiger partial charge >= 0.3 is 5.97 Å². The molecule has 0 saturated heterocycles. The van der Waals surface area contributed by atoms with Gasteiger partial charge in [-0.05, 0) is 41.8 Å². The second-order valence-electron chi connectivity index (χ2n) is 9.81. The summed E-state index contributed by atoms with van der Waals surface area (Å²) in [5.74, 6) is -0.670. The van der Waals surface area contributed by atoms with Crippen LogP contribution in [0, 0.1) is 0 Å². The van der Waals surface area contributed by atoms with Crippen LogP contribution in [0.4, 0.5) is 5.69 Å². The van der Waals surface area contributed by atoms with Crippen molar-refractivity contribution in [2.45, 2.75) is 51.6 Å². The van der Waals surface area contributed by atoms with E-state index in [1.807, 2.05) is 60.7 Å². The minimum absolute atomic E-state index is 0.00670. The van der Waals surface area contributed by atoms with Crippen LogP contribution in [0.15, 0.2) is 109 Å². The number of rotatable bonds is 14. The van der Waals surface area contributed by atoms with Crippen molar-refractivity contribution in [2.24, 2.45) is 0 Å². The van der Waals surface area contributed by atoms with E-state index in [1.54, 1.807) is 36.4 Å². The molecule has 3 N–H and O–H groups in total. The van der Waals surface area contributed by atoms with E-state index in [0.29, 0.717) is 6.42 Å². The quantitative estimate of drug-likeness (QED) is 0.128. The highest BCUT2D eigenvalue weighted by molar-refractivity contribution is 7.92. The van der Waals surface area contributed by atoms with Gasteiger partial charge in [-0.15, -0.1) is 0 Å². The highest BCUT2D eigenvalue weighted by Crippen LogP contribution is 2.32. The number of aromatic carboxylic acids is 1. The van der Waals surface area contributed by atoms with Gasteiger partial charge in [-0.1, -0.05) is 124 Å². The van der Waals surface area contributed by atoms with Gasteiger partial charge in [-0.25, -0.2) is 13.2 Å². The summed E-state index contributed by atoms with van der Waals surface area (Å²) in [4.78, 5) is 11.3. The molecule has 0 aromatic heterocycles. The third-order valence-electron chi connectivity index (χ3n) is 6.49. The van der Waals surface area contributed by atoms with Gasteiger partial charge in [-0.3, -0.25) is 4.72 Å². The van der Waals surface area contributed by atoms with Gasteiger partial charge in [0, 0.05) is 0 Å². The number of carbonyl (C=O) groups is 1. The Hall–Kier alpha value is -4.14. The molecule has 0 radical (unpaired) electrons. The molecule has 42 heavy (non-hydrogen) atoms. The lowest BCUT2D eigenvalue weighted by atomic mass is 10.0. The summed E-state index contributed by atoms with van der Waals surface area (Å²) in [6.45, 7) is 2.14. The number of aliphatic hydroxyl groups excluding tert-OH is 1. The molecule has 0 heterocycles. The molecule has 0 aliphatic rings. The first-order valence-corrected chi connectivity index (χ1v) is 15.8. The van der Waals surface area contributed by atoms with Crippen molar-refractivity contribution in [1.82, 2.24) is 0 Å². The molecule has 0 spiro atoms. The molecule has 0 aliphatic heterocycles. The van der Waals surface area contributed by atoms with Gasteiger partial charge in [-0.2, -0.15) is 0 Å². The predicted molar refractivity (Wildman–Crippen MR) is 168 cm³/mol. The summed E-state index contributed by atoms with van der Waals surface area (Å²) in [5.41, 5.74) is 2.15. The van der Waals surface area contributed by atoms with E-state index in [-0.39, 0.29) is 28.5 Å². The SMILES string of the molecule is CCCCCCCCS(=O)(=O)Nc1ccccc1Oc1ccccc1C(=O)O.OC(c1ccccc1)c1ccccc1. The zero-order valence-corrected chi connectivity index (χ0v) is 24.7. The van der Waals surface area contributed by atoms with Gasteiger partial charge in [0.15, 0.2) is 5.75 Å². The number of sulfonamides is 1. The topological polar surface area (TPSA) is 113 Å². The van der Waals surface area contributed by atoms with Crippen LogP contribution in [0.2, 0.25) is 0 Å². The number of carboxylic acid groups (broad SMARTS) is 1. The number of aliphatic hydroxyl groups is 1. The second kappa shape index (κ2) is 17.0. The largest absolute Gasteiger partial charge is 0.478 e. The molecule has 0 aliphatic carbocycles. The highest BCUT2D eigenvalue weighted by Gasteiger charge is 2.16. The number of para-hydroxylation sites is 3. The monoisotopic (exact) mass is 589 g/mol. The maximum atomic E-state index is 12.4. The summed E-state index contributed by atoms with van der Waals surface area (Å²) in [7, 11) is -3.51. The Labute approximate surface area is 248 Å². The predicted octanol–water partition coefficient (Wildman–Crippen LogP) is 8.05. The number of anilines is 1. The average Bonchev–Trinajstić information content (AvgIpc) is 3.01. The maximum absolute atomic E-state index is 12.4. The van der Waals surface area contributed by atoms with Crippen molar-refractivity contribution < 1.29 is 28.2 Å². The van der Waals surface area contributed by atoms with E-state index < -0.39 is 22.1 Å². The second-order valence-corrected chi connectivity index (χ2v) is 11.7. The molecule has 222 valence electrons. The minimum atomic E-state index is -3.51. The molecule has 0 unspecified atom stereocenters. The fourth-order valence-electron chi connectivity index (χ4n) is 4.24. The van der Waals surface area contributed by atoms with E-state index in [2.05, 4.69) is 11.6 Å². The molecule has 0 fully saturated rings. The molecule has 0 atom stereocenters. The molecule has 8 heteroatoms. The molecular weight excluding hydrogens is 550 g/mol. The minimum Gasteiger partial charge on any atom is -0.478 e. The van der Waals surface area contributed by atoms with Crippen LogP contribution < -0.4 is 9.46 Å². The Balaban J connectivity index is 0.000000287. The van der Waals surface area contributed by atoms with Gasteiger partial charge in [0.2, 0.25) is 10.0 Å². The fraction of sp³-hybridized carbons (Fsp3) is 0.265. The lowest BCUT2D eigenvalue weighted by Gasteiger charge is -2.14. The van der Waals surface area contributed by atoms with Gasteiger partial charge < -0.3 is 14.9 Å². The third-order valence-corrected chi connectivity index (χ3v) is 7.84. The summed E-state index contributed by atoms with van der Waals surface area (Å²) < 4.78 is 33.1. The summed E-state index contributed by atoms with van der Waals surface area (Å²) in [5, 5.41) is 19.3. The number of benzene rings is 4. The molecular formula is C34H39NO6S. The van der Waals surface area contributed by atoms with Crippen molar-refractivity contribution in [3.63, 3.8) is 0 Å². The number of nitrogens with one attached hydrogen (secondary N) is 1. The first-order valence-electron chi connectivity index (χ1n) is 14.2. The van der Waals surface area contributed by atoms with Crippen LogP contribution in [0.3, 0.4) is 0 Å². The van der Waals surface area contributed by atoms with Crippen molar-refractivity contribution in [3.8, 4) is 11.5 Å². The lowest BCUT2D eigenvalue weighted by molar-refractivity contribution is 0.0694. The van der Waals surface area contributed by atoms with Gasteiger partial charge in [0.05, 0.1) is 11.4 Å². The highest BCUT2D eigenvalue weighted by atomic mass is 32.2. The maximum Gasteiger partial charge on any atom is 0.339 e. The molecule has 7 nitrogen and oxygen atoms in total. The Morgan fingerprint density at radius 2 is 1.21 bits per heavy atom. The Morgan fingerprint density at radius 3 is 1.81 bits per heavy atom. The number of unbranched alkanes of at least 4 members (excludes halogenated alkanes) is 5. The number of carboxylic acids is 1. The molecule has 0 amide bonds. The van der Waals surface area contributed by atoms with Crippen LogP contribution in [0.1, 0.15) is 73.0 Å². The van der Waals surface area contributed by atoms with E-state index in [0.717, 1.165) is 36.8 Å². The van der Waals surface area contributed by atoms with Crippen molar-refractivity contribution >= 4 is 21.7 Å².